The van der Waals surface area contributed by atoms with Crippen LogP contribution in [0.4, 0.5) is 10.7 Å². The largest absolute Gasteiger partial charge is 0.465 e. The topological polar surface area (TPSA) is 61.9 Å². The molecule has 2 aliphatic rings. The fourth-order valence-electron chi connectivity index (χ4n) is 4.33. The van der Waals surface area contributed by atoms with Crippen molar-refractivity contribution in [3.8, 4) is 0 Å². The van der Waals surface area contributed by atoms with E-state index in [2.05, 4.69) is 15.1 Å². The number of amides is 1. The van der Waals surface area contributed by atoms with Gasteiger partial charge < -0.3 is 15.0 Å². The van der Waals surface area contributed by atoms with Crippen LogP contribution in [-0.2, 0) is 22.4 Å². The first-order valence-electron chi connectivity index (χ1n) is 10.8. The lowest BCUT2D eigenvalue weighted by molar-refractivity contribution is -0.117. The molecule has 4 rings (SSSR count). The third kappa shape index (κ3) is 5.22. The van der Waals surface area contributed by atoms with E-state index in [0.717, 1.165) is 68.1 Å². The number of hydrogen-bond donors (Lipinski definition) is 1. The minimum absolute atomic E-state index is 0.0819. The fourth-order valence-corrected chi connectivity index (χ4v) is 5.75. The summed E-state index contributed by atoms with van der Waals surface area (Å²) in [6, 6.07) is 7.86. The van der Waals surface area contributed by atoms with E-state index in [1.807, 2.05) is 24.3 Å². The number of rotatable bonds is 5. The zero-order valence-corrected chi connectivity index (χ0v) is 19.4. The third-order valence-electron chi connectivity index (χ3n) is 6.00. The van der Waals surface area contributed by atoms with Crippen LogP contribution in [0.5, 0.6) is 0 Å². The molecule has 1 fully saturated rings. The molecule has 0 atom stereocenters. The van der Waals surface area contributed by atoms with Gasteiger partial charge in [-0.25, -0.2) is 4.79 Å². The lowest BCUT2D eigenvalue weighted by Gasteiger charge is -2.35. The Morgan fingerprint density at radius 3 is 2.48 bits per heavy atom. The number of carbonyl (C=O) groups is 2. The summed E-state index contributed by atoms with van der Waals surface area (Å²) in [5.74, 6) is -0.437. The molecule has 1 aromatic carbocycles. The smallest absolute Gasteiger partial charge is 0.341 e. The molecule has 0 unspecified atom stereocenters. The Kier molecular flexibility index (Phi) is 7.15. The van der Waals surface area contributed by atoms with Crippen molar-refractivity contribution >= 4 is 45.5 Å². The minimum Gasteiger partial charge on any atom is -0.465 e. The number of thiophene rings is 1. The summed E-state index contributed by atoms with van der Waals surface area (Å²) in [6.45, 7) is 3.64. The molecule has 1 amide bonds. The quantitative estimate of drug-likeness (QED) is 0.533. The van der Waals surface area contributed by atoms with Crippen LogP contribution in [0.2, 0.25) is 5.02 Å². The summed E-state index contributed by atoms with van der Waals surface area (Å²) in [4.78, 5) is 30.9. The second-order valence-corrected chi connectivity index (χ2v) is 9.59. The Labute approximate surface area is 192 Å². The van der Waals surface area contributed by atoms with Gasteiger partial charge >= 0.3 is 5.97 Å². The number of ether oxygens (including phenoxy) is 1. The van der Waals surface area contributed by atoms with Gasteiger partial charge in [-0.2, -0.15) is 0 Å². The Balaban J connectivity index is 1.37. The first-order chi connectivity index (χ1) is 15.0. The maximum absolute atomic E-state index is 12.8. The van der Waals surface area contributed by atoms with Crippen molar-refractivity contribution in [1.82, 2.24) is 4.90 Å². The van der Waals surface area contributed by atoms with Crippen LogP contribution >= 0.6 is 22.9 Å². The molecule has 1 aliphatic carbocycles. The molecule has 6 nitrogen and oxygen atoms in total. The average molecular weight is 462 g/mol. The zero-order chi connectivity index (χ0) is 21.8. The number of nitrogens with zero attached hydrogens (tertiary/aromatic N) is 2. The SMILES string of the molecule is COC(=O)c1c(NC(=O)CN2CCN(c3ccc(Cl)cc3)CC2)sc2c1CCCCC2. The second-order valence-electron chi connectivity index (χ2n) is 8.05. The van der Waals surface area contributed by atoms with Gasteiger partial charge in [0.2, 0.25) is 5.91 Å². The van der Waals surface area contributed by atoms with Gasteiger partial charge in [0.15, 0.2) is 0 Å². The van der Waals surface area contributed by atoms with E-state index in [-0.39, 0.29) is 11.9 Å². The van der Waals surface area contributed by atoms with Gasteiger partial charge in [0.1, 0.15) is 5.00 Å². The van der Waals surface area contributed by atoms with E-state index in [1.54, 1.807) is 0 Å². The highest BCUT2D eigenvalue weighted by Crippen LogP contribution is 2.38. The number of nitrogens with one attached hydrogen (secondary N) is 1. The van der Waals surface area contributed by atoms with E-state index < -0.39 is 0 Å². The summed E-state index contributed by atoms with van der Waals surface area (Å²) in [7, 11) is 1.40. The molecule has 2 aromatic rings. The maximum atomic E-state index is 12.8. The van der Waals surface area contributed by atoms with Gasteiger partial charge in [-0.15, -0.1) is 11.3 Å². The first-order valence-corrected chi connectivity index (χ1v) is 12.0. The predicted octanol–water partition coefficient (Wildman–Crippen LogP) is 4.22. The number of benzene rings is 1. The van der Waals surface area contributed by atoms with Crippen LogP contribution in [0.3, 0.4) is 0 Å². The van der Waals surface area contributed by atoms with Crippen molar-refractivity contribution < 1.29 is 14.3 Å². The summed E-state index contributed by atoms with van der Waals surface area (Å²) in [5, 5.41) is 4.38. The fraction of sp³-hybridized carbons (Fsp3) is 0.478. The molecule has 0 radical (unpaired) electrons. The van der Waals surface area contributed by atoms with E-state index in [4.69, 9.17) is 16.3 Å². The molecule has 31 heavy (non-hydrogen) atoms. The molecule has 2 heterocycles. The third-order valence-corrected chi connectivity index (χ3v) is 7.45. The lowest BCUT2D eigenvalue weighted by atomic mass is 10.1. The molecule has 1 saturated heterocycles. The van der Waals surface area contributed by atoms with Crippen molar-refractivity contribution in [1.29, 1.82) is 0 Å². The number of esters is 1. The Bertz CT molecular complexity index is 936. The predicted molar refractivity (Wildman–Crippen MR) is 126 cm³/mol. The van der Waals surface area contributed by atoms with E-state index in [1.165, 1.54) is 29.7 Å². The monoisotopic (exact) mass is 461 g/mol. The molecule has 8 heteroatoms. The van der Waals surface area contributed by atoms with Gasteiger partial charge in [-0.05, 0) is 55.5 Å². The van der Waals surface area contributed by atoms with E-state index >= 15 is 0 Å². The van der Waals surface area contributed by atoms with Crippen molar-refractivity contribution in [2.45, 2.75) is 32.1 Å². The van der Waals surface area contributed by atoms with E-state index in [9.17, 15) is 9.59 Å². The van der Waals surface area contributed by atoms with Gasteiger partial charge in [-0.3, -0.25) is 9.69 Å². The molecular weight excluding hydrogens is 434 g/mol. The van der Waals surface area contributed by atoms with Gasteiger partial charge in [-0.1, -0.05) is 18.0 Å². The highest BCUT2D eigenvalue weighted by Gasteiger charge is 2.27. The molecule has 166 valence electrons. The standard InChI is InChI=1S/C23H28ClN3O3S/c1-30-23(29)21-18-5-3-2-4-6-19(18)31-22(21)25-20(28)15-26-11-13-27(14-12-26)17-9-7-16(24)8-10-17/h7-10H,2-6,11-15H2,1H3,(H,25,28). The summed E-state index contributed by atoms with van der Waals surface area (Å²) >= 11 is 7.52. The number of piperazine rings is 1. The van der Waals surface area contributed by atoms with Crippen LogP contribution in [0, 0.1) is 0 Å². The number of carbonyl (C=O) groups excluding carboxylic acids is 2. The normalized spacial score (nSPS) is 17.0. The number of anilines is 2. The van der Waals surface area contributed by atoms with Crippen LogP contribution in [0.1, 0.15) is 40.1 Å². The van der Waals surface area contributed by atoms with E-state index in [0.29, 0.717) is 17.1 Å². The second kappa shape index (κ2) is 10.0. The summed E-state index contributed by atoms with van der Waals surface area (Å²) in [5.41, 5.74) is 2.78. The zero-order valence-electron chi connectivity index (χ0n) is 17.8. The maximum Gasteiger partial charge on any atom is 0.341 e. The van der Waals surface area contributed by atoms with Gasteiger partial charge in [0.05, 0.1) is 19.2 Å². The Hall–Kier alpha value is -2.09. The van der Waals surface area contributed by atoms with Crippen LogP contribution in [-0.4, -0.2) is 56.6 Å². The van der Waals surface area contributed by atoms with Crippen molar-refractivity contribution in [3.63, 3.8) is 0 Å². The van der Waals surface area contributed by atoms with Crippen LogP contribution in [0.15, 0.2) is 24.3 Å². The molecule has 0 saturated carbocycles. The first kappa shape index (κ1) is 22.1. The Morgan fingerprint density at radius 1 is 1.06 bits per heavy atom. The van der Waals surface area contributed by atoms with Crippen molar-refractivity contribution in [2.24, 2.45) is 0 Å². The minimum atomic E-state index is -0.355. The highest BCUT2D eigenvalue weighted by molar-refractivity contribution is 7.17. The summed E-state index contributed by atoms with van der Waals surface area (Å²) < 4.78 is 5.03. The lowest BCUT2D eigenvalue weighted by Crippen LogP contribution is -2.48. The molecule has 1 aliphatic heterocycles. The number of methoxy groups -OCH3 is 1. The molecular formula is C23H28ClN3O3S. The van der Waals surface area contributed by atoms with Gasteiger partial charge in [0.25, 0.3) is 0 Å². The van der Waals surface area contributed by atoms with Gasteiger partial charge in [0, 0.05) is 41.8 Å². The average Bonchev–Trinajstić information content (AvgIpc) is 2.94. The number of aryl methyl sites for hydroxylation is 1. The number of hydrogen-bond acceptors (Lipinski definition) is 6. The molecule has 1 N–H and O–H groups in total. The Morgan fingerprint density at radius 2 is 1.77 bits per heavy atom. The van der Waals surface area contributed by atoms with Crippen molar-refractivity contribution in [2.75, 3.05) is 50.1 Å². The van der Waals surface area contributed by atoms with Crippen molar-refractivity contribution in [3.05, 3.63) is 45.3 Å². The molecule has 0 bridgehead atoms. The molecule has 0 spiro atoms. The molecule has 1 aromatic heterocycles. The van der Waals surface area contributed by atoms with Crippen LogP contribution < -0.4 is 10.2 Å². The number of fused-ring (bicyclic) bond motifs is 1. The van der Waals surface area contributed by atoms with Crippen LogP contribution in [0.25, 0.3) is 0 Å². The number of halogens is 1. The summed E-state index contributed by atoms with van der Waals surface area (Å²) in [6.07, 6.45) is 5.20. The highest BCUT2D eigenvalue weighted by atomic mass is 35.5.